The van der Waals surface area contributed by atoms with Crippen molar-refractivity contribution in [1.29, 1.82) is 0 Å². The van der Waals surface area contributed by atoms with Crippen molar-refractivity contribution in [2.45, 2.75) is 26.3 Å². The van der Waals surface area contributed by atoms with Gasteiger partial charge in [0.05, 0.1) is 23.6 Å². The Bertz CT molecular complexity index is 1160. The predicted molar refractivity (Wildman–Crippen MR) is 121 cm³/mol. The third kappa shape index (κ3) is 5.09. The van der Waals surface area contributed by atoms with Crippen LogP contribution in [0.3, 0.4) is 0 Å². The van der Waals surface area contributed by atoms with Gasteiger partial charge in [0, 0.05) is 23.8 Å². The minimum atomic E-state index is -1.30. The average molecular weight is 466 g/mol. The Morgan fingerprint density at radius 2 is 1.94 bits per heavy atom. The van der Waals surface area contributed by atoms with Crippen LogP contribution in [0.1, 0.15) is 30.6 Å². The predicted octanol–water partition coefficient (Wildman–Crippen LogP) is 2.38. The fourth-order valence-electron chi connectivity index (χ4n) is 3.39. The lowest BCUT2D eigenvalue weighted by molar-refractivity contribution is -0.384. The molecule has 0 aliphatic carbocycles. The van der Waals surface area contributed by atoms with Gasteiger partial charge in [0.2, 0.25) is 5.91 Å². The van der Waals surface area contributed by atoms with Gasteiger partial charge in [-0.2, -0.15) is 0 Å². The Labute approximate surface area is 194 Å². The first kappa shape index (κ1) is 24.1. The quantitative estimate of drug-likeness (QED) is 0.286. The molecule has 0 radical (unpaired) electrons. The number of non-ortho nitro benzene ring substituents is 1. The largest absolute Gasteiger partial charge is 0.494 e. The van der Waals surface area contributed by atoms with Gasteiger partial charge in [0.15, 0.2) is 0 Å². The van der Waals surface area contributed by atoms with Crippen LogP contribution in [-0.2, 0) is 14.4 Å². The van der Waals surface area contributed by atoms with E-state index in [1.54, 1.807) is 31.2 Å². The number of hydrazine groups is 1. The fourth-order valence-corrected chi connectivity index (χ4v) is 3.39. The molecule has 4 amide bonds. The standard InChI is InChI=1S/C23H22N4O7/c1-3-6-20(28)26(24-22(30)15-7-5-8-17(13-15)27(32)33)19-14-21(29)25(23(19)31)16-9-11-18(12-10-16)34-4-2/h3,5-13,19H,4,14H2,1-2H3,(H,24,30). The van der Waals surface area contributed by atoms with Crippen molar-refractivity contribution in [2.75, 3.05) is 11.5 Å². The molecule has 1 aliphatic heterocycles. The van der Waals surface area contributed by atoms with Gasteiger partial charge in [-0.25, -0.2) is 9.91 Å². The number of rotatable bonds is 7. The van der Waals surface area contributed by atoms with Crippen LogP contribution < -0.4 is 15.1 Å². The van der Waals surface area contributed by atoms with E-state index in [0.717, 1.165) is 22.1 Å². The molecular formula is C23H22N4O7. The van der Waals surface area contributed by atoms with Crippen LogP contribution in [0.4, 0.5) is 11.4 Å². The van der Waals surface area contributed by atoms with Crippen molar-refractivity contribution in [2.24, 2.45) is 0 Å². The summed E-state index contributed by atoms with van der Waals surface area (Å²) in [4.78, 5) is 62.6. The van der Waals surface area contributed by atoms with E-state index in [1.165, 1.54) is 24.3 Å². The number of amides is 4. The second kappa shape index (κ2) is 10.4. The van der Waals surface area contributed by atoms with Crippen LogP contribution in [-0.4, -0.2) is 46.2 Å². The SMILES string of the molecule is CC=CC(=O)N(NC(=O)c1cccc([N+](=O)[O-])c1)C1CC(=O)N(c2ccc(OCC)cc2)C1=O. The highest BCUT2D eigenvalue weighted by molar-refractivity contribution is 6.23. The highest BCUT2D eigenvalue weighted by atomic mass is 16.6. The lowest BCUT2D eigenvalue weighted by atomic mass is 10.2. The van der Waals surface area contributed by atoms with E-state index < -0.39 is 34.6 Å². The molecule has 0 saturated carbocycles. The van der Waals surface area contributed by atoms with Crippen LogP contribution in [0.2, 0.25) is 0 Å². The summed E-state index contributed by atoms with van der Waals surface area (Å²) < 4.78 is 5.37. The topological polar surface area (TPSA) is 139 Å². The summed E-state index contributed by atoms with van der Waals surface area (Å²) in [6.45, 7) is 3.85. The molecule has 3 rings (SSSR count). The zero-order valence-corrected chi connectivity index (χ0v) is 18.5. The molecule has 34 heavy (non-hydrogen) atoms. The van der Waals surface area contributed by atoms with Gasteiger partial charge in [0.25, 0.3) is 23.4 Å². The Hall–Kier alpha value is -4.54. The number of carbonyl (C=O) groups excluding carboxylic acids is 4. The number of benzene rings is 2. The highest BCUT2D eigenvalue weighted by Crippen LogP contribution is 2.27. The smallest absolute Gasteiger partial charge is 0.270 e. The van der Waals surface area contributed by atoms with Crippen molar-refractivity contribution >= 4 is 35.0 Å². The molecule has 1 heterocycles. The lowest BCUT2D eigenvalue weighted by Gasteiger charge is -2.26. The highest BCUT2D eigenvalue weighted by Gasteiger charge is 2.45. The van der Waals surface area contributed by atoms with Crippen LogP contribution in [0.15, 0.2) is 60.7 Å². The number of imide groups is 1. The molecule has 2 aromatic carbocycles. The molecule has 1 unspecified atom stereocenters. The van der Waals surface area contributed by atoms with Crippen molar-refractivity contribution in [3.05, 3.63) is 76.4 Å². The number of ether oxygens (including phenoxy) is 1. The normalized spacial score (nSPS) is 15.5. The summed E-state index contributed by atoms with van der Waals surface area (Å²) in [6, 6.07) is 9.92. The number of nitrogens with zero attached hydrogens (tertiary/aromatic N) is 3. The van der Waals surface area contributed by atoms with Gasteiger partial charge >= 0.3 is 0 Å². The van der Waals surface area contributed by atoms with Crippen molar-refractivity contribution < 1.29 is 28.8 Å². The zero-order valence-electron chi connectivity index (χ0n) is 18.5. The van der Waals surface area contributed by atoms with Gasteiger partial charge in [-0.05, 0) is 44.2 Å². The second-order valence-electron chi connectivity index (χ2n) is 7.17. The molecule has 0 aromatic heterocycles. The Morgan fingerprint density at radius 1 is 1.24 bits per heavy atom. The third-order valence-corrected chi connectivity index (χ3v) is 4.93. The maximum atomic E-state index is 13.2. The van der Waals surface area contributed by atoms with Crippen molar-refractivity contribution in [1.82, 2.24) is 10.4 Å². The Balaban J connectivity index is 1.87. The summed E-state index contributed by atoms with van der Waals surface area (Å²) in [5.74, 6) is -2.27. The Morgan fingerprint density at radius 3 is 2.56 bits per heavy atom. The fraction of sp³-hybridized carbons (Fsp3) is 0.217. The first-order valence-electron chi connectivity index (χ1n) is 10.4. The molecule has 0 spiro atoms. The van der Waals surface area contributed by atoms with Crippen LogP contribution in [0, 0.1) is 10.1 Å². The molecular weight excluding hydrogens is 444 g/mol. The van der Waals surface area contributed by atoms with Crippen molar-refractivity contribution in [3.63, 3.8) is 0 Å². The molecule has 2 aromatic rings. The van der Waals surface area contributed by atoms with Gasteiger partial charge < -0.3 is 4.74 Å². The van der Waals surface area contributed by atoms with E-state index in [2.05, 4.69) is 5.43 Å². The summed E-state index contributed by atoms with van der Waals surface area (Å²) in [5.41, 5.74) is 2.22. The van der Waals surface area contributed by atoms with E-state index in [0.29, 0.717) is 18.0 Å². The minimum absolute atomic E-state index is 0.0902. The van der Waals surface area contributed by atoms with Crippen LogP contribution in [0.25, 0.3) is 0 Å². The summed E-state index contributed by atoms with van der Waals surface area (Å²) in [6.07, 6.45) is 2.19. The van der Waals surface area contributed by atoms with Gasteiger partial charge in [-0.15, -0.1) is 0 Å². The van der Waals surface area contributed by atoms with Gasteiger partial charge in [-0.3, -0.25) is 34.7 Å². The first-order valence-corrected chi connectivity index (χ1v) is 10.4. The number of hydrogen-bond donors (Lipinski definition) is 1. The van der Waals surface area contributed by atoms with Crippen LogP contribution >= 0.6 is 0 Å². The molecule has 176 valence electrons. The molecule has 11 nitrogen and oxygen atoms in total. The molecule has 11 heteroatoms. The molecule has 1 atom stereocenters. The summed E-state index contributed by atoms with van der Waals surface area (Å²) in [5, 5.41) is 11.8. The molecule has 1 aliphatic rings. The second-order valence-corrected chi connectivity index (χ2v) is 7.17. The third-order valence-electron chi connectivity index (χ3n) is 4.93. The number of hydrogen-bond acceptors (Lipinski definition) is 7. The van der Waals surface area contributed by atoms with Gasteiger partial charge in [-0.1, -0.05) is 12.1 Å². The molecule has 1 N–H and O–H groups in total. The van der Waals surface area contributed by atoms with E-state index in [9.17, 15) is 29.3 Å². The maximum absolute atomic E-state index is 13.2. The number of allylic oxidation sites excluding steroid dienone is 1. The number of nitro benzene ring substituents is 1. The van der Waals surface area contributed by atoms with Crippen LogP contribution in [0.5, 0.6) is 5.75 Å². The molecule has 0 bridgehead atoms. The van der Waals surface area contributed by atoms with E-state index in [4.69, 9.17) is 4.74 Å². The Kier molecular flexibility index (Phi) is 7.36. The number of carbonyl (C=O) groups is 4. The van der Waals surface area contributed by atoms with E-state index in [1.807, 2.05) is 6.92 Å². The molecule has 1 fully saturated rings. The van der Waals surface area contributed by atoms with E-state index >= 15 is 0 Å². The lowest BCUT2D eigenvalue weighted by Crippen LogP contribution is -2.54. The number of nitrogens with one attached hydrogen (secondary N) is 1. The zero-order chi connectivity index (χ0) is 24.8. The molecule has 1 saturated heterocycles. The average Bonchev–Trinajstić information content (AvgIpc) is 3.11. The van der Waals surface area contributed by atoms with Gasteiger partial charge in [0.1, 0.15) is 11.8 Å². The minimum Gasteiger partial charge on any atom is -0.494 e. The number of nitro groups is 1. The van der Waals surface area contributed by atoms with E-state index in [-0.39, 0.29) is 17.7 Å². The van der Waals surface area contributed by atoms with Crippen molar-refractivity contribution in [3.8, 4) is 5.75 Å². The summed E-state index contributed by atoms with van der Waals surface area (Å²) in [7, 11) is 0. The monoisotopic (exact) mass is 466 g/mol. The maximum Gasteiger partial charge on any atom is 0.270 e. The summed E-state index contributed by atoms with van der Waals surface area (Å²) >= 11 is 0. The first-order chi connectivity index (χ1) is 16.3. The number of anilines is 1.